The Morgan fingerprint density at radius 2 is 2.05 bits per heavy atom. The highest BCUT2D eigenvalue weighted by Crippen LogP contribution is 2.18. The number of halogens is 2. The van der Waals surface area contributed by atoms with E-state index in [1.54, 1.807) is 0 Å². The fraction of sp³-hybridized carbons (Fsp3) is 0.333. The number of carboxylic acids is 1. The van der Waals surface area contributed by atoms with Crippen LogP contribution in [0.15, 0.2) is 18.2 Å². The second kappa shape index (κ2) is 7.08. The molecule has 0 aliphatic rings. The van der Waals surface area contributed by atoms with Crippen LogP contribution in [0.2, 0.25) is 0 Å². The molecule has 2 N–H and O–H groups in total. The fourth-order valence-corrected chi connectivity index (χ4v) is 1.98. The predicted octanol–water partition coefficient (Wildman–Crippen LogP) is 1.96. The number of thioether (sulfide) groups is 1. The first-order valence-electron chi connectivity index (χ1n) is 5.44. The second-order valence-corrected chi connectivity index (χ2v) is 4.83. The maximum atomic E-state index is 13.4. The Morgan fingerprint density at radius 3 is 2.68 bits per heavy atom. The van der Waals surface area contributed by atoms with E-state index in [0.717, 1.165) is 30.0 Å². The molecular weight excluding hydrogens is 276 g/mol. The Bertz CT molecular complexity index is 482. The zero-order chi connectivity index (χ0) is 14.4. The van der Waals surface area contributed by atoms with Crippen molar-refractivity contribution in [2.24, 2.45) is 0 Å². The van der Waals surface area contributed by atoms with Crippen LogP contribution in [0.25, 0.3) is 0 Å². The Balaban J connectivity index is 2.54. The van der Waals surface area contributed by atoms with Crippen LogP contribution < -0.4 is 5.32 Å². The van der Waals surface area contributed by atoms with Crippen molar-refractivity contribution in [1.82, 2.24) is 5.32 Å². The lowest BCUT2D eigenvalue weighted by molar-refractivity contribution is -0.133. The third-order valence-corrected chi connectivity index (χ3v) is 3.18. The molecular formula is C12H13F2NO3S. The summed E-state index contributed by atoms with van der Waals surface area (Å²) in [5, 5.41) is 10.9. The number of hydrogen-bond donors (Lipinski definition) is 2. The van der Waals surface area contributed by atoms with Crippen LogP contribution in [0, 0.1) is 11.6 Å². The van der Waals surface area contributed by atoms with E-state index in [4.69, 9.17) is 5.11 Å². The molecule has 0 aliphatic carbocycles. The molecule has 0 bridgehead atoms. The summed E-state index contributed by atoms with van der Waals surface area (Å²) in [7, 11) is 0. The van der Waals surface area contributed by atoms with Gasteiger partial charge in [-0.05, 0) is 25.1 Å². The highest BCUT2D eigenvalue weighted by atomic mass is 32.2. The molecule has 0 spiro atoms. The maximum Gasteiger partial charge on any atom is 0.313 e. The highest BCUT2D eigenvalue weighted by Gasteiger charge is 2.14. The zero-order valence-electron chi connectivity index (χ0n) is 10.2. The molecule has 0 aliphatic heterocycles. The molecule has 0 saturated heterocycles. The first-order valence-corrected chi connectivity index (χ1v) is 6.59. The van der Waals surface area contributed by atoms with Gasteiger partial charge in [0.1, 0.15) is 11.6 Å². The van der Waals surface area contributed by atoms with E-state index in [9.17, 15) is 18.4 Å². The Morgan fingerprint density at radius 1 is 1.37 bits per heavy atom. The molecule has 19 heavy (non-hydrogen) atoms. The molecule has 7 heteroatoms. The number of carbonyl (C=O) groups excluding carboxylic acids is 1. The minimum absolute atomic E-state index is 0.0480. The van der Waals surface area contributed by atoms with Crippen molar-refractivity contribution in [2.75, 3.05) is 11.5 Å². The second-order valence-electron chi connectivity index (χ2n) is 3.84. The lowest BCUT2D eigenvalue weighted by Crippen LogP contribution is -2.29. The molecule has 0 fully saturated rings. The smallest absolute Gasteiger partial charge is 0.313 e. The molecule has 0 aromatic heterocycles. The van der Waals surface area contributed by atoms with Crippen LogP contribution in [-0.2, 0) is 9.59 Å². The lowest BCUT2D eigenvalue weighted by atomic mass is 10.1. The summed E-state index contributed by atoms with van der Waals surface area (Å²) in [4.78, 5) is 21.7. The minimum atomic E-state index is -1.01. The Hall–Kier alpha value is -1.63. The predicted molar refractivity (Wildman–Crippen MR) is 67.9 cm³/mol. The molecule has 4 nitrogen and oxygen atoms in total. The van der Waals surface area contributed by atoms with Gasteiger partial charge in [0.2, 0.25) is 5.91 Å². The van der Waals surface area contributed by atoms with Crippen molar-refractivity contribution in [3.8, 4) is 0 Å². The number of amides is 1. The lowest BCUT2D eigenvalue weighted by Gasteiger charge is -2.15. The van der Waals surface area contributed by atoms with E-state index in [1.165, 1.54) is 6.92 Å². The van der Waals surface area contributed by atoms with Crippen LogP contribution in [0.5, 0.6) is 0 Å². The van der Waals surface area contributed by atoms with Gasteiger partial charge in [0.05, 0.1) is 17.5 Å². The average Bonchev–Trinajstić information content (AvgIpc) is 2.31. The van der Waals surface area contributed by atoms with Crippen LogP contribution in [0.1, 0.15) is 18.5 Å². The van der Waals surface area contributed by atoms with Gasteiger partial charge in [0.15, 0.2) is 0 Å². The number of rotatable bonds is 6. The van der Waals surface area contributed by atoms with Gasteiger partial charge in [-0.2, -0.15) is 0 Å². The Labute approximate surface area is 113 Å². The van der Waals surface area contributed by atoms with Crippen LogP contribution in [0.3, 0.4) is 0 Å². The topological polar surface area (TPSA) is 66.4 Å². The van der Waals surface area contributed by atoms with Gasteiger partial charge in [0.25, 0.3) is 0 Å². The zero-order valence-corrected chi connectivity index (χ0v) is 11.0. The molecule has 1 aromatic carbocycles. The quantitative estimate of drug-likeness (QED) is 0.840. The summed E-state index contributed by atoms with van der Waals surface area (Å²) >= 11 is 0.935. The summed E-state index contributed by atoms with van der Waals surface area (Å²) < 4.78 is 26.4. The standard InChI is InChI=1S/C12H13F2NO3S/c1-7(9-4-8(13)2-3-10(9)14)15-11(16)5-19-6-12(17)18/h2-4,7H,5-6H2,1H3,(H,15,16)(H,17,18). The first-order chi connectivity index (χ1) is 8.90. The monoisotopic (exact) mass is 289 g/mol. The normalized spacial score (nSPS) is 11.9. The fourth-order valence-electron chi connectivity index (χ4n) is 1.44. The number of aliphatic carboxylic acids is 1. The van der Waals surface area contributed by atoms with Crippen molar-refractivity contribution in [2.45, 2.75) is 13.0 Å². The van der Waals surface area contributed by atoms with E-state index in [1.807, 2.05) is 0 Å². The minimum Gasteiger partial charge on any atom is -0.481 e. The van der Waals surface area contributed by atoms with Gasteiger partial charge in [-0.15, -0.1) is 11.8 Å². The molecule has 1 unspecified atom stereocenters. The van der Waals surface area contributed by atoms with Gasteiger partial charge in [-0.3, -0.25) is 9.59 Å². The van der Waals surface area contributed by atoms with E-state index < -0.39 is 29.6 Å². The van der Waals surface area contributed by atoms with Crippen molar-refractivity contribution in [1.29, 1.82) is 0 Å². The molecule has 1 atom stereocenters. The van der Waals surface area contributed by atoms with Crippen LogP contribution >= 0.6 is 11.8 Å². The largest absolute Gasteiger partial charge is 0.481 e. The number of nitrogens with one attached hydrogen (secondary N) is 1. The molecule has 104 valence electrons. The van der Waals surface area contributed by atoms with Gasteiger partial charge in [-0.25, -0.2) is 8.78 Å². The van der Waals surface area contributed by atoms with Gasteiger partial charge >= 0.3 is 5.97 Å². The van der Waals surface area contributed by atoms with E-state index >= 15 is 0 Å². The van der Waals surface area contributed by atoms with E-state index in [0.29, 0.717) is 0 Å². The molecule has 1 rings (SSSR count). The molecule has 0 saturated carbocycles. The summed E-state index contributed by atoms with van der Waals surface area (Å²) in [6, 6.07) is 2.32. The third-order valence-electron chi connectivity index (χ3n) is 2.26. The maximum absolute atomic E-state index is 13.4. The number of carbonyl (C=O) groups is 2. The van der Waals surface area contributed by atoms with Crippen LogP contribution in [-0.4, -0.2) is 28.5 Å². The SMILES string of the molecule is CC(NC(=O)CSCC(=O)O)c1cc(F)ccc1F. The van der Waals surface area contributed by atoms with Crippen molar-refractivity contribution in [3.05, 3.63) is 35.4 Å². The molecule has 0 radical (unpaired) electrons. The average molecular weight is 289 g/mol. The number of benzene rings is 1. The molecule has 0 heterocycles. The number of hydrogen-bond acceptors (Lipinski definition) is 3. The summed E-state index contributed by atoms with van der Waals surface area (Å²) in [6.07, 6.45) is 0. The van der Waals surface area contributed by atoms with E-state index in [2.05, 4.69) is 5.32 Å². The summed E-state index contributed by atoms with van der Waals surface area (Å²) in [6.45, 7) is 1.53. The van der Waals surface area contributed by atoms with Crippen LogP contribution in [0.4, 0.5) is 8.78 Å². The molecule has 1 amide bonds. The van der Waals surface area contributed by atoms with Crippen molar-refractivity contribution >= 4 is 23.6 Å². The molecule has 1 aromatic rings. The third kappa shape index (κ3) is 5.25. The van der Waals surface area contributed by atoms with Gasteiger partial charge in [-0.1, -0.05) is 0 Å². The summed E-state index contributed by atoms with van der Waals surface area (Å²) in [5.74, 6) is -2.86. The van der Waals surface area contributed by atoms with Gasteiger partial charge in [0, 0.05) is 5.56 Å². The first kappa shape index (κ1) is 15.4. The van der Waals surface area contributed by atoms with Crippen molar-refractivity contribution < 1.29 is 23.5 Å². The van der Waals surface area contributed by atoms with E-state index in [-0.39, 0.29) is 17.1 Å². The van der Waals surface area contributed by atoms with Crippen molar-refractivity contribution in [3.63, 3.8) is 0 Å². The van der Waals surface area contributed by atoms with Gasteiger partial charge < -0.3 is 10.4 Å². The number of carboxylic acid groups (broad SMARTS) is 1. The summed E-state index contributed by atoms with van der Waals surface area (Å²) in [5.41, 5.74) is 0.0524. The Kier molecular flexibility index (Phi) is 5.75. The highest BCUT2D eigenvalue weighted by molar-refractivity contribution is 8.00.